The van der Waals surface area contributed by atoms with Crippen molar-refractivity contribution in [1.82, 2.24) is 0 Å². The second-order valence-corrected chi connectivity index (χ2v) is 24.4. The highest BCUT2D eigenvalue weighted by Crippen LogP contribution is 2.52. The van der Waals surface area contributed by atoms with Gasteiger partial charge in [-0.2, -0.15) is 0 Å². The van der Waals surface area contributed by atoms with Crippen LogP contribution < -0.4 is 26.2 Å². The molecule has 0 bridgehead atoms. The van der Waals surface area contributed by atoms with Gasteiger partial charge in [-0.05, 0) is 152 Å². The van der Waals surface area contributed by atoms with Gasteiger partial charge in [0.15, 0.2) is 0 Å². The van der Waals surface area contributed by atoms with Crippen LogP contribution in [0, 0.1) is 27.7 Å². The summed E-state index contributed by atoms with van der Waals surface area (Å²) in [6.07, 6.45) is 1.95. The fraction of sp³-hybridized carbons (Fsp3) is 0.333. The molecule has 0 amide bonds. The summed E-state index contributed by atoms with van der Waals surface area (Å²) in [5.74, 6) is 0. The number of anilines is 6. The highest BCUT2D eigenvalue weighted by molar-refractivity contribution is 7.26. The predicted octanol–water partition coefficient (Wildman–Crippen LogP) is 15.8. The van der Waals surface area contributed by atoms with Gasteiger partial charge in [0.05, 0.1) is 22.6 Å². The number of rotatable bonds is 3. The largest absolute Gasteiger partial charge is 0.464 e. The quantitative estimate of drug-likeness (QED) is 0.165. The van der Waals surface area contributed by atoms with Crippen molar-refractivity contribution in [3.63, 3.8) is 0 Å². The van der Waals surface area contributed by atoms with E-state index in [0.29, 0.717) is 0 Å². The molecule has 8 aromatic rings. The van der Waals surface area contributed by atoms with Crippen molar-refractivity contribution < 1.29 is 4.42 Å². The number of fused-ring (bicyclic) bond motifs is 7. The van der Waals surface area contributed by atoms with E-state index in [1.807, 2.05) is 17.6 Å². The van der Waals surface area contributed by atoms with E-state index < -0.39 is 0 Å². The molecule has 0 spiro atoms. The topological polar surface area (TPSA) is 19.6 Å². The Bertz CT molecular complexity index is 3210. The number of hydrogen-bond donors (Lipinski definition) is 0. The molecule has 0 N–H and O–H groups in total. The molecule has 2 aliphatic heterocycles. The lowest BCUT2D eigenvalue weighted by Gasteiger charge is -2.45. The van der Waals surface area contributed by atoms with Gasteiger partial charge in [0.25, 0.3) is 6.71 Å². The summed E-state index contributed by atoms with van der Waals surface area (Å²) in [6.45, 7) is 37.4. The molecular weight excluding hydrogens is 808 g/mol. The maximum atomic E-state index is 6.22. The summed E-state index contributed by atoms with van der Waals surface area (Å²) in [6, 6.07) is 37.9. The molecule has 0 radical (unpaired) electrons. The summed E-state index contributed by atoms with van der Waals surface area (Å²) in [5.41, 5.74) is 24.1. The second-order valence-electron chi connectivity index (χ2n) is 23.4. The lowest BCUT2D eigenvalue weighted by atomic mass is 9.33. The van der Waals surface area contributed by atoms with E-state index in [1.54, 1.807) is 0 Å². The molecule has 0 saturated carbocycles. The zero-order valence-corrected chi connectivity index (χ0v) is 42.4. The third kappa shape index (κ3) is 6.90. The number of nitrogens with zero attached hydrogens (tertiary/aromatic N) is 2. The molecular formula is C60H65BN2OS. The molecule has 0 saturated heterocycles. The van der Waals surface area contributed by atoms with Crippen molar-refractivity contribution in [2.75, 3.05) is 9.80 Å². The van der Waals surface area contributed by atoms with Gasteiger partial charge in [-0.25, -0.2) is 0 Å². The Labute approximate surface area is 392 Å². The average molecular weight is 873 g/mol. The first kappa shape index (κ1) is 43.4. The van der Waals surface area contributed by atoms with Gasteiger partial charge in [0.1, 0.15) is 5.58 Å². The number of furan rings is 1. The molecule has 0 atom stereocenters. The minimum Gasteiger partial charge on any atom is -0.464 e. The van der Waals surface area contributed by atoms with Crippen LogP contribution in [-0.2, 0) is 21.7 Å². The number of hydrogen-bond acceptors (Lipinski definition) is 4. The van der Waals surface area contributed by atoms with Crippen LogP contribution in [0.2, 0.25) is 0 Å². The van der Waals surface area contributed by atoms with E-state index >= 15 is 0 Å². The van der Waals surface area contributed by atoms with Crippen molar-refractivity contribution in [3.05, 3.63) is 148 Å². The van der Waals surface area contributed by atoms with E-state index in [0.717, 1.165) is 22.1 Å². The van der Waals surface area contributed by atoms with Crippen molar-refractivity contribution in [1.29, 1.82) is 0 Å². The highest BCUT2D eigenvalue weighted by atomic mass is 32.1. The second kappa shape index (κ2) is 14.5. The number of benzene rings is 6. The van der Waals surface area contributed by atoms with Gasteiger partial charge in [-0.3, -0.25) is 0 Å². The Morgan fingerprint density at radius 3 is 1.57 bits per heavy atom. The minimum atomic E-state index is -0.126. The Kier molecular flexibility index (Phi) is 9.67. The third-order valence-corrected chi connectivity index (χ3v) is 15.5. The predicted molar refractivity (Wildman–Crippen MR) is 285 cm³/mol. The fourth-order valence-electron chi connectivity index (χ4n) is 10.7. The van der Waals surface area contributed by atoms with Gasteiger partial charge in [0, 0.05) is 32.7 Å². The van der Waals surface area contributed by atoms with Crippen LogP contribution in [0.1, 0.15) is 128 Å². The zero-order valence-electron chi connectivity index (χ0n) is 41.6. The zero-order chi connectivity index (χ0) is 46.4. The molecule has 6 aromatic carbocycles. The van der Waals surface area contributed by atoms with Crippen LogP contribution in [0.4, 0.5) is 33.4 Å². The molecule has 65 heavy (non-hydrogen) atoms. The van der Waals surface area contributed by atoms with Crippen LogP contribution in [-0.4, -0.2) is 6.71 Å². The van der Waals surface area contributed by atoms with Gasteiger partial charge in [0.2, 0.25) is 0 Å². The number of para-hydroxylation sites is 1. The average Bonchev–Trinajstić information content (AvgIpc) is 3.82. The minimum absolute atomic E-state index is 0.00415. The van der Waals surface area contributed by atoms with Crippen LogP contribution in [0.25, 0.3) is 32.2 Å². The summed E-state index contributed by atoms with van der Waals surface area (Å²) in [4.78, 5) is 5.35. The molecule has 2 aliphatic rings. The number of aryl methyl sites for hydroxylation is 4. The van der Waals surface area contributed by atoms with Crippen molar-refractivity contribution in [3.8, 4) is 11.1 Å². The molecule has 10 rings (SSSR count). The molecule has 0 fully saturated rings. The molecule has 0 unspecified atom stereocenters. The molecule has 3 nitrogen and oxygen atoms in total. The Morgan fingerprint density at radius 1 is 0.477 bits per heavy atom. The summed E-state index contributed by atoms with van der Waals surface area (Å²) >= 11 is 1.96. The Balaban J connectivity index is 1.38. The highest BCUT2D eigenvalue weighted by Gasteiger charge is 2.47. The Hall–Kier alpha value is -5.52. The van der Waals surface area contributed by atoms with E-state index in [4.69, 9.17) is 4.42 Å². The summed E-state index contributed by atoms with van der Waals surface area (Å²) in [7, 11) is 0. The normalized spacial score (nSPS) is 14.1. The smallest absolute Gasteiger partial charge is 0.254 e. The van der Waals surface area contributed by atoms with Crippen LogP contribution in [0.3, 0.4) is 0 Å². The van der Waals surface area contributed by atoms with Crippen molar-refractivity contribution in [2.45, 2.75) is 132 Å². The third-order valence-electron chi connectivity index (χ3n) is 14.4. The van der Waals surface area contributed by atoms with Gasteiger partial charge in [-0.15, -0.1) is 11.3 Å². The first-order valence-corrected chi connectivity index (χ1v) is 24.4. The lowest BCUT2D eigenvalue weighted by Crippen LogP contribution is -2.61. The van der Waals surface area contributed by atoms with Crippen LogP contribution in [0.15, 0.2) is 108 Å². The van der Waals surface area contributed by atoms with Crippen molar-refractivity contribution in [2.24, 2.45) is 0 Å². The number of thiophene rings is 1. The molecule has 4 heterocycles. The van der Waals surface area contributed by atoms with E-state index in [-0.39, 0.29) is 28.4 Å². The lowest BCUT2D eigenvalue weighted by molar-refractivity contribution is 0.589. The first-order valence-electron chi connectivity index (χ1n) is 23.6. The van der Waals surface area contributed by atoms with E-state index in [1.165, 1.54) is 104 Å². The standard InChI is InChI=1S/C60H65BN2OS/c1-34-25-40(58(8,9)10)26-35(2)54(34)62-47-29-38(45-33-64-50-20-18-17-19-43(45)50)21-23-46(47)61-52-44-30-39(57(5,6)7)22-24-51(44)65-56(52)63(49-32-42(60(14,15)16)31-48(62)53(49)61)55-36(3)27-41(28-37(55)4)59(11,12)13/h17-33H,1-16H3. The SMILES string of the molecule is Cc1cc(C(C)(C)C)cc(C)c1N1c2cc(-c3coc4ccccc34)ccc2B2c3c1cc(C(C)(C)C)cc3N(c1c(C)cc(C(C)(C)C)cc1C)c1sc3ccc(C(C)(C)C)cc3c12. The van der Waals surface area contributed by atoms with Crippen LogP contribution in [0.5, 0.6) is 0 Å². The maximum Gasteiger partial charge on any atom is 0.254 e. The van der Waals surface area contributed by atoms with Gasteiger partial charge >= 0.3 is 0 Å². The summed E-state index contributed by atoms with van der Waals surface area (Å²) < 4.78 is 7.55. The van der Waals surface area contributed by atoms with Gasteiger partial charge in [-0.1, -0.05) is 150 Å². The molecule has 5 heteroatoms. The molecule has 330 valence electrons. The monoisotopic (exact) mass is 872 g/mol. The van der Waals surface area contributed by atoms with Crippen molar-refractivity contribution >= 4 is 88.9 Å². The summed E-state index contributed by atoms with van der Waals surface area (Å²) in [5, 5.41) is 3.81. The van der Waals surface area contributed by atoms with E-state index in [2.05, 4.69) is 218 Å². The molecule has 2 aromatic heterocycles. The maximum absolute atomic E-state index is 6.22. The van der Waals surface area contributed by atoms with Crippen LogP contribution >= 0.6 is 11.3 Å². The van der Waals surface area contributed by atoms with E-state index in [9.17, 15) is 0 Å². The Morgan fingerprint density at radius 2 is 1.00 bits per heavy atom. The van der Waals surface area contributed by atoms with Gasteiger partial charge < -0.3 is 14.2 Å². The fourth-order valence-corrected chi connectivity index (χ4v) is 12.0. The molecule has 0 aliphatic carbocycles. The first-order chi connectivity index (χ1) is 30.4.